The first-order valence-corrected chi connectivity index (χ1v) is 10.1. The van der Waals surface area contributed by atoms with E-state index in [2.05, 4.69) is 20.3 Å². The summed E-state index contributed by atoms with van der Waals surface area (Å²) in [5.41, 5.74) is 5.36. The lowest BCUT2D eigenvalue weighted by molar-refractivity contribution is -0.197. The lowest BCUT2D eigenvalue weighted by Gasteiger charge is -2.58. The second kappa shape index (κ2) is 6.66. The molecule has 0 saturated heterocycles. The predicted molar refractivity (Wildman–Crippen MR) is 106 cm³/mol. The molecule has 4 fully saturated rings. The van der Waals surface area contributed by atoms with E-state index in [4.69, 9.17) is 10.5 Å². The van der Waals surface area contributed by atoms with E-state index in [9.17, 15) is 9.90 Å². The third-order valence-corrected chi connectivity index (χ3v) is 6.52. The number of esters is 1. The van der Waals surface area contributed by atoms with Gasteiger partial charge in [0, 0.05) is 5.69 Å². The number of carbonyl (C=O) groups is 1. The van der Waals surface area contributed by atoms with Gasteiger partial charge in [0.15, 0.2) is 12.4 Å². The summed E-state index contributed by atoms with van der Waals surface area (Å²) >= 11 is 0. The highest BCUT2D eigenvalue weighted by atomic mass is 16.5. The predicted octanol–water partition coefficient (Wildman–Crippen LogP) is 2.57. The number of carbonyl (C=O) groups excluding carboxylic acids is 1. The topological polar surface area (TPSA) is 123 Å². The van der Waals surface area contributed by atoms with Crippen molar-refractivity contribution < 1.29 is 14.6 Å². The molecule has 0 spiro atoms. The Morgan fingerprint density at radius 2 is 1.86 bits per heavy atom. The first kappa shape index (κ1) is 18.3. The van der Waals surface area contributed by atoms with Crippen molar-refractivity contribution in [2.24, 2.45) is 17.3 Å². The summed E-state index contributed by atoms with van der Waals surface area (Å²) in [4.78, 5) is 25.5. The molecule has 0 unspecified atom stereocenters. The Bertz CT molecular complexity index is 921. The van der Waals surface area contributed by atoms with Gasteiger partial charge >= 0.3 is 5.97 Å². The number of nitrogens with two attached hydrogens (primary N) is 1. The number of hydrogen-bond donors (Lipinski definition) is 3. The van der Waals surface area contributed by atoms with Crippen molar-refractivity contribution in [1.29, 1.82) is 0 Å². The SMILES string of the molecule is Nc1nc(COC(=O)C23C[C@H]4C[C@@H](CC(O)(C4)C2)C3)nc(Nc2ccccc2)n1. The van der Waals surface area contributed by atoms with Gasteiger partial charge in [-0.1, -0.05) is 18.2 Å². The average molecular weight is 395 g/mol. The van der Waals surface area contributed by atoms with Crippen LogP contribution in [0.3, 0.4) is 0 Å². The molecule has 1 heterocycles. The van der Waals surface area contributed by atoms with Crippen molar-refractivity contribution in [2.45, 2.75) is 50.7 Å². The fourth-order valence-electron chi connectivity index (χ4n) is 5.95. The van der Waals surface area contributed by atoms with Gasteiger partial charge < -0.3 is 20.9 Å². The highest BCUT2D eigenvalue weighted by Gasteiger charge is 2.60. The molecule has 4 aliphatic rings. The number of nitrogen functional groups attached to an aromatic ring is 1. The second-order valence-corrected chi connectivity index (χ2v) is 8.97. The molecule has 0 amide bonds. The Labute approximate surface area is 168 Å². The molecule has 4 N–H and O–H groups in total. The maximum absolute atomic E-state index is 13.0. The van der Waals surface area contributed by atoms with E-state index < -0.39 is 11.0 Å². The first-order valence-electron chi connectivity index (χ1n) is 10.1. The van der Waals surface area contributed by atoms with Crippen molar-refractivity contribution >= 4 is 23.6 Å². The summed E-state index contributed by atoms with van der Waals surface area (Å²) < 4.78 is 5.63. The molecule has 152 valence electrons. The number of benzene rings is 1. The zero-order chi connectivity index (χ0) is 20.1. The van der Waals surface area contributed by atoms with Crippen molar-refractivity contribution in [3.8, 4) is 0 Å². The smallest absolute Gasteiger partial charge is 0.312 e. The molecule has 0 radical (unpaired) electrons. The largest absolute Gasteiger partial charge is 0.457 e. The molecule has 8 nitrogen and oxygen atoms in total. The third kappa shape index (κ3) is 3.53. The Balaban J connectivity index is 1.28. The monoisotopic (exact) mass is 395 g/mol. The van der Waals surface area contributed by atoms with Gasteiger partial charge in [-0.25, -0.2) is 0 Å². The minimum absolute atomic E-state index is 0.0635. The standard InChI is InChI=1S/C21H25N5O3/c22-18-24-16(25-19(26-18)23-15-4-2-1-3-5-15)11-29-17(27)20-7-13-6-14(8-20)10-21(28,9-13)12-20/h1-5,13-14,28H,6-12H2,(H3,22,23,24,25,26)/t13-,14-,20?,21?/m1/s1. The third-order valence-electron chi connectivity index (χ3n) is 6.52. The molecule has 1 aromatic carbocycles. The number of aromatic nitrogens is 3. The second-order valence-electron chi connectivity index (χ2n) is 8.97. The summed E-state index contributed by atoms with van der Waals surface area (Å²) in [6.45, 7) is -0.0649. The van der Waals surface area contributed by atoms with Gasteiger partial charge in [0.2, 0.25) is 11.9 Å². The zero-order valence-electron chi connectivity index (χ0n) is 16.2. The van der Waals surface area contributed by atoms with Gasteiger partial charge in [0.1, 0.15) is 0 Å². The number of hydrogen-bond acceptors (Lipinski definition) is 8. The number of ether oxygens (including phenoxy) is 1. The van der Waals surface area contributed by atoms with Gasteiger partial charge in [0.25, 0.3) is 0 Å². The summed E-state index contributed by atoms with van der Waals surface area (Å²) in [5, 5.41) is 13.9. The van der Waals surface area contributed by atoms with Crippen LogP contribution < -0.4 is 11.1 Å². The molecule has 8 heteroatoms. The molecular weight excluding hydrogens is 370 g/mol. The molecule has 2 aromatic rings. The van der Waals surface area contributed by atoms with E-state index in [1.807, 2.05) is 30.3 Å². The molecule has 2 atom stereocenters. The fraction of sp³-hybridized carbons (Fsp3) is 0.524. The quantitative estimate of drug-likeness (QED) is 0.660. The van der Waals surface area contributed by atoms with Gasteiger partial charge in [-0.2, -0.15) is 15.0 Å². The number of nitrogens with one attached hydrogen (secondary N) is 1. The number of rotatable bonds is 5. The van der Waals surface area contributed by atoms with Crippen LogP contribution >= 0.6 is 0 Å². The van der Waals surface area contributed by atoms with Gasteiger partial charge in [-0.05, 0) is 62.5 Å². The summed E-state index contributed by atoms with van der Waals surface area (Å²) in [6, 6.07) is 9.48. The van der Waals surface area contributed by atoms with Crippen LogP contribution in [0.15, 0.2) is 30.3 Å². The lowest BCUT2D eigenvalue weighted by atomic mass is 9.48. The van der Waals surface area contributed by atoms with Crippen LogP contribution in [-0.4, -0.2) is 31.6 Å². The first-order chi connectivity index (χ1) is 13.9. The normalized spacial score (nSPS) is 32.2. The van der Waals surface area contributed by atoms with Gasteiger partial charge in [-0.3, -0.25) is 4.79 Å². The maximum Gasteiger partial charge on any atom is 0.312 e. The van der Waals surface area contributed by atoms with E-state index >= 15 is 0 Å². The van der Waals surface area contributed by atoms with E-state index in [1.165, 1.54) is 0 Å². The molecule has 29 heavy (non-hydrogen) atoms. The van der Waals surface area contributed by atoms with Crippen LogP contribution in [0.25, 0.3) is 0 Å². The van der Waals surface area contributed by atoms with E-state index in [1.54, 1.807) is 0 Å². The number of para-hydroxylation sites is 1. The van der Waals surface area contributed by atoms with Crippen molar-refractivity contribution in [1.82, 2.24) is 15.0 Å². The van der Waals surface area contributed by atoms with Gasteiger partial charge in [0.05, 0.1) is 11.0 Å². The molecule has 1 aromatic heterocycles. The highest BCUT2D eigenvalue weighted by Crippen LogP contribution is 2.62. The highest BCUT2D eigenvalue weighted by molar-refractivity contribution is 5.77. The van der Waals surface area contributed by atoms with Crippen LogP contribution in [0, 0.1) is 17.3 Å². The fourth-order valence-corrected chi connectivity index (χ4v) is 5.95. The zero-order valence-corrected chi connectivity index (χ0v) is 16.2. The lowest BCUT2D eigenvalue weighted by Crippen LogP contribution is -2.58. The summed E-state index contributed by atoms with van der Waals surface area (Å²) in [6.07, 6.45) is 4.88. The van der Waals surface area contributed by atoms with Crippen LogP contribution in [0.2, 0.25) is 0 Å². The Hall–Kier alpha value is -2.74. The van der Waals surface area contributed by atoms with Crippen molar-refractivity contribution in [2.75, 3.05) is 11.1 Å². The van der Waals surface area contributed by atoms with Crippen LogP contribution in [-0.2, 0) is 16.1 Å². The van der Waals surface area contributed by atoms with Gasteiger partial charge in [-0.15, -0.1) is 0 Å². The van der Waals surface area contributed by atoms with Crippen LogP contribution in [0.1, 0.15) is 44.3 Å². The van der Waals surface area contributed by atoms with E-state index in [0.29, 0.717) is 30.0 Å². The molecule has 4 bridgehead atoms. The van der Waals surface area contributed by atoms with Crippen molar-refractivity contribution in [3.05, 3.63) is 36.2 Å². The average Bonchev–Trinajstić information content (AvgIpc) is 2.64. The van der Waals surface area contributed by atoms with E-state index in [-0.39, 0.29) is 18.5 Å². The molecular formula is C21H25N5O3. The number of nitrogens with zero attached hydrogens (tertiary/aromatic N) is 3. The summed E-state index contributed by atoms with van der Waals surface area (Å²) in [7, 11) is 0. The van der Waals surface area contributed by atoms with Crippen LogP contribution in [0.5, 0.6) is 0 Å². The molecule has 4 aliphatic carbocycles. The summed E-state index contributed by atoms with van der Waals surface area (Å²) in [5.74, 6) is 1.26. The number of anilines is 3. The Morgan fingerprint density at radius 1 is 1.14 bits per heavy atom. The molecule has 6 rings (SSSR count). The van der Waals surface area contributed by atoms with Crippen LogP contribution in [0.4, 0.5) is 17.6 Å². The molecule has 0 aliphatic heterocycles. The number of aliphatic hydroxyl groups is 1. The van der Waals surface area contributed by atoms with E-state index in [0.717, 1.165) is 37.8 Å². The Morgan fingerprint density at radius 3 is 2.55 bits per heavy atom. The molecule has 4 saturated carbocycles. The minimum Gasteiger partial charge on any atom is -0.457 e. The maximum atomic E-state index is 13.0. The minimum atomic E-state index is -0.701. The van der Waals surface area contributed by atoms with Crippen molar-refractivity contribution in [3.63, 3.8) is 0 Å². The Kier molecular flexibility index (Phi) is 4.20.